The summed E-state index contributed by atoms with van der Waals surface area (Å²) in [6.07, 6.45) is 1.30. The number of alkyl halides is 1. The lowest BCUT2D eigenvalue weighted by atomic mass is 9.52. The van der Waals surface area contributed by atoms with Gasteiger partial charge in [-0.05, 0) is 24.7 Å². The zero-order valence-corrected chi connectivity index (χ0v) is 16.0. The third kappa shape index (κ3) is 2.69. The number of halogens is 1. The van der Waals surface area contributed by atoms with Gasteiger partial charge in [-0.1, -0.05) is 36.4 Å². The van der Waals surface area contributed by atoms with Crippen molar-refractivity contribution in [3.05, 3.63) is 0 Å². The molecule has 0 aromatic heterocycles. The largest absolute Gasteiger partial charge is 0.462 e. The van der Waals surface area contributed by atoms with Crippen molar-refractivity contribution in [1.82, 2.24) is 0 Å². The predicted octanol–water partition coefficient (Wildman–Crippen LogP) is 2.33. The zero-order valence-electron chi connectivity index (χ0n) is 13.8. The summed E-state index contributed by atoms with van der Waals surface area (Å²) < 4.78 is 12.1. The van der Waals surface area contributed by atoms with Crippen molar-refractivity contribution in [2.75, 3.05) is 4.43 Å². The molecule has 8 atom stereocenters. The summed E-state index contributed by atoms with van der Waals surface area (Å²) in [5.74, 6) is -0.167. The van der Waals surface area contributed by atoms with Crippen molar-refractivity contribution in [2.24, 2.45) is 29.1 Å². The summed E-state index contributed by atoms with van der Waals surface area (Å²) >= 11 is 2.39. The van der Waals surface area contributed by atoms with E-state index in [1.54, 1.807) is 0 Å². The molecule has 3 rings (SSSR count). The van der Waals surface area contributed by atoms with E-state index < -0.39 is 12.2 Å². The molecule has 0 spiro atoms. The maximum atomic E-state index is 12.1. The van der Waals surface area contributed by atoms with Crippen LogP contribution in [0.4, 0.5) is 0 Å². The molecule has 3 fully saturated rings. The van der Waals surface area contributed by atoms with Gasteiger partial charge in [-0.15, -0.1) is 0 Å². The minimum absolute atomic E-state index is 0.0247. The normalized spacial score (nSPS) is 49.1. The Bertz CT molecular complexity index is 509. The molecule has 1 unspecified atom stereocenters. The third-order valence-corrected chi connectivity index (χ3v) is 7.89. The van der Waals surface area contributed by atoms with Gasteiger partial charge in [-0.25, -0.2) is 0 Å². The Balaban J connectivity index is 1.95. The molecule has 3 aliphatic rings. The van der Waals surface area contributed by atoms with Crippen molar-refractivity contribution in [3.63, 3.8) is 0 Å². The summed E-state index contributed by atoms with van der Waals surface area (Å²) in [6, 6.07) is 0. The molecule has 5 nitrogen and oxygen atoms in total. The van der Waals surface area contributed by atoms with Crippen molar-refractivity contribution >= 4 is 34.5 Å². The monoisotopic (exact) mass is 436 g/mol. The average molecular weight is 436 g/mol. The highest BCUT2D eigenvalue weighted by Crippen LogP contribution is 2.59. The molecule has 1 aliphatic heterocycles. The predicted molar refractivity (Wildman–Crippen MR) is 91.9 cm³/mol. The fourth-order valence-corrected chi connectivity index (χ4v) is 6.48. The highest BCUT2D eigenvalue weighted by Gasteiger charge is 2.62. The molecule has 2 saturated carbocycles. The van der Waals surface area contributed by atoms with Gasteiger partial charge in [0.2, 0.25) is 0 Å². The molecule has 2 aliphatic carbocycles. The van der Waals surface area contributed by atoms with E-state index in [4.69, 9.17) is 9.47 Å². The second-order valence-corrected chi connectivity index (χ2v) is 8.38. The molecule has 130 valence electrons. The minimum Gasteiger partial charge on any atom is -0.462 e. The number of fused-ring (bicyclic) bond motifs is 3. The number of carbonyl (C=O) groups excluding carboxylic acids is 2. The first-order valence-corrected chi connectivity index (χ1v) is 9.95. The van der Waals surface area contributed by atoms with Gasteiger partial charge in [0.05, 0.1) is 12.0 Å². The van der Waals surface area contributed by atoms with Gasteiger partial charge in [-0.3, -0.25) is 9.59 Å². The van der Waals surface area contributed by atoms with Gasteiger partial charge in [-0.2, -0.15) is 0 Å². The van der Waals surface area contributed by atoms with Crippen LogP contribution in [-0.4, -0.2) is 39.8 Å². The van der Waals surface area contributed by atoms with Crippen LogP contribution in [0.1, 0.15) is 40.0 Å². The van der Waals surface area contributed by atoms with Crippen LogP contribution >= 0.6 is 22.6 Å². The van der Waals surface area contributed by atoms with Crippen LogP contribution in [0.2, 0.25) is 0 Å². The Morgan fingerprint density at radius 1 is 1.48 bits per heavy atom. The SMILES string of the molecule is CC(=O)O[C@@H]1[C@@H](C)[C@@H]2[C@H]3OC(=O)[C@@H](C)C3CC[C@@]2(CI)C[C@@H]1O. The van der Waals surface area contributed by atoms with E-state index in [2.05, 4.69) is 22.6 Å². The maximum Gasteiger partial charge on any atom is 0.309 e. The second kappa shape index (κ2) is 6.17. The smallest absolute Gasteiger partial charge is 0.309 e. The number of esters is 2. The molecule has 1 saturated heterocycles. The fourth-order valence-electron chi connectivity index (χ4n) is 5.28. The lowest BCUT2D eigenvalue weighted by Gasteiger charge is -2.56. The molecule has 1 N–H and O–H groups in total. The molecule has 6 heteroatoms. The molecule has 0 radical (unpaired) electrons. The summed E-state index contributed by atoms with van der Waals surface area (Å²) in [7, 11) is 0. The average Bonchev–Trinajstić information content (AvgIpc) is 2.77. The van der Waals surface area contributed by atoms with Crippen LogP contribution in [0.3, 0.4) is 0 Å². The highest BCUT2D eigenvalue weighted by atomic mass is 127. The number of hydrogen-bond acceptors (Lipinski definition) is 5. The molecule has 0 aromatic carbocycles. The van der Waals surface area contributed by atoms with E-state index in [1.807, 2.05) is 13.8 Å². The molecule has 0 amide bonds. The summed E-state index contributed by atoms with van der Waals surface area (Å²) in [5.41, 5.74) is -0.0401. The Labute approximate surface area is 150 Å². The van der Waals surface area contributed by atoms with Gasteiger partial charge in [0, 0.05) is 29.1 Å². The van der Waals surface area contributed by atoms with Gasteiger partial charge < -0.3 is 14.6 Å². The fraction of sp³-hybridized carbons (Fsp3) is 0.882. The maximum absolute atomic E-state index is 12.1. The van der Waals surface area contributed by atoms with E-state index in [-0.39, 0.29) is 47.1 Å². The zero-order chi connectivity index (χ0) is 16.9. The number of ether oxygens (including phenoxy) is 2. The van der Waals surface area contributed by atoms with E-state index in [9.17, 15) is 14.7 Å². The third-order valence-electron chi connectivity index (χ3n) is 6.37. The lowest BCUT2D eigenvalue weighted by molar-refractivity contribution is -0.194. The van der Waals surface area contributed by atoms with E-state index in [0.717, 1.165) is 17.3 Å². The molecule has 1 heterocycles. The van der Waals surface area contributed by atoms with E-state index in [0.29, 0.717) is 6.42 Å². The molecular formula is C17H25IO5. The Hall–Kier alpha value is -0.370. The summed E-state index contributed by atoms with van der Waals surface area (Å²) in [4.78, 5) is 23.5. The topological polar surface area (TPSA) is 72.8 Å². The van der Waals surface area contributed by atoms with Crippen LogP contribution in [0.25, 0.3) is 0 Å². The van der Waals surface area contributed by atoms with Gasteiger partial charge in [0.15, 0.2) is 0 Å². The number of aliphatic hydroxyl groups excluding tert-OH is 1. The Morgan fingerprint density at radius 3 is 2.78 bits per heavy atom. The standard InChI is InChI=1S/C17H25IO5/c1-8-11-4-5-17(7-18)6-12(20)14(22-10(3)19)9(2)13(17)15(11)23-16(8)21/h8-9,11-15,20H,4-7H2,1-3H3/t8-,9-,11?,12-,13+,14+,15-,17-/m0/s1. The highest BCUT2D eigenvalue weighted by molar-refractivity contribution is 14.1. The van der Waals surface area contributed by atoms with Crippen LogP contribution < -0.4 is 0 Å². The van der Waals surface area contributed by atoms with Crippen LogP contribution in [0.5, 0.6) is 0 Å². The first-order chi connectivity index (χ1) is 10.8. The van der Waals surface area contributed by atoms with Crippen LogP contribution in [0.15, 0.2) is 0 Å². The van der Waals surface area contributed by atoms with Crippen LogP contribution in [-0.2, 0) is 19.1 Å². The summed E-state index contributed by atoms with van der Waals surface area (Å²) in [6.45, 7) is 5.36. The van der Waals surface area contributed by atoms with Gasteiger partial charge in [0.25, 0.3) is 0 Å². The number of rotatable bonds is 2. The van der Waals surface area contributed by atoms with Gasteiger partial charge >= 0.3 is 11.9 Å². The van der Waals surface area contributed by atoms with Crippen molar-refractivity contribution < 1.29 is 24.2 Å². The van der Waals surface area contributed by atoms with E-state index >= 15 is 0 Å². The van der Waals surface area contributed by atoms with E-state index in [1.165, 1.54) is 6.92 Å². The number of hydrogen-bond donors (Lipinski definition) is 1. The number of carbonyl (C=O) groups is 2. The quantitative estimate of drug-likeness (QED) is 0.409. The van der Waals surface area contributed by atoms with Crippen molar-refractivity contribution in [2.45, 2.75) is 58.3 Å². The first kappa shape index (κ1) is 17.5. The lowest BCUT2D eigenvalue weighted by Crippen LogP contribution is -2.60. The number of aliphatic hydroxyl groups is 1. The minimum atomic E-state index is -0.647. The molecule has 23 heavy (non-hydrogen) atoms. The van der Waals surface area contributed by atoms with Crippen LogP contribution in [0, 0.1) is 29.1 Å². The molecule has 0 bridgehead atoms. The Morgan fingerprint density at radius 2 is 2.17 bits per heavy atom. The first-order valence-electron chi connectivity index (χ1n) is 8.42. The Kier molecular flexibility index (Phi) is 4.68. The molecule has 0 aromatic rings. The van der Waals surface area contributed by atoms with Crippen molar-refractivity contribution in [1.29, 1.82) is 0 Å². The van der Waals surface area contributed by atoms with Crippen molar-refractivity contribution in [3.8, 4) is 0 Å². The summed E-state index contributed by atoms with van der Waals surface area (Å²) in [5, 5.41) is 10.6. The molecular weight excluding hydrogens is 411 g/mol. The second-order valence-electron chi connectivity index (χ2n) is 7.62. The van der Waals surface area contributed by atoms with Gasteiger partial charge in [0.1, 0.15) is 12.2 Å².